The number of carbonyl (C=O) groups excluding carboxylic acids is 1. The molecule has 0 unspecified atom stereocenters. The molecule has 1 fully saturated rings. The van der Waals surface area contributed by atoms with Crippen molar-refractivity contribution in [2.45, 2.75) is 45.1 Å². The van der Waals surface area contributed by atoms with E-state index in [4.69, 9.17) is 4.74 Å². The molecular weight excluding hydrogens is 455 g/mol. The van der Waals surface area contributed by atoms with Gasteiger partial charge in [0.15, 0.2) is 0 Å². The van der Waals surface area contributed by atoms with Crippen LogP contribution < -0.4 is 4.74 Å². The van der Waals surface area contributed by atoms with E-state index in [0.29, 0.717) is 24.4 Å². The number of amides is 1. The Morgan fingerprint density at radius 2 is 1.81 bits per heavy atom. The molecule has 0 radical (unpaired) electrons. The number of hydrogen-bond acceptors (Lipinski definition) is 4. The summed E-state index contributed by atoms with van der Waals surface area (Å²) in [7, 11) is 0. The molecule has 0 atom stereocenters. The molecular formula is C29H35FN4O2. The molecule has 36 heavy (non-hydrogen) atoms. The average Bonchev–Trinajstić information content (AvgIpc) is 3.43. The van der Waals surface area contributed by atoms with Crippen LogP contribution in [0.5, 0.6) is 5.75 Å². The second-order valence-electron chi connectivity index (χ2n) is 10.2. The first-order valence-corrected chi connectivity index (χ1v) is 13.1. The van der Waals surface area contributed by atoms with Crippen molar-refractivity contribution >= 4 is 5.91 Å². The predicted molar refractivity (Wildman–Crippen MR) is 137 cm³/mol. The summed E-state index contributed by atoms with van der Waals surface area (Å²) in [5.74, 6) is 0.817. The van der Waals surface area contributed by atoms with Gasteiger partial charge in [0, 0.05) is 44.5 Å². The number of H-pyrrole nitrogens is 1. The molecule has 190 valence electrons. The zero-order chi connectivity index (χ0) is 24.8. The van der Waals surface area contributed by atoms with Gasteiger partial charge < -0.3 is 9.64 Å². The number of rotatable bonds is 3. The zero-order valence-corrected chi connectivity index (χ0v) is 20.8. The number of fused-ring (bicyclic) bond motifs is 1. The molecule has 2 aliphatic rings. The van der Waals surface area contributed by atoms with E-state index in [0.717, 1.165) is 70.5 Å². The number of nitrogens with zero attached hydrogens (tertiary/aromatic N) is 3. The molecule has 1 N–H and O–H groups in total. The Morgan fingerprint density at radius 3 is 2.61 bits per heavy atom. The van der Waals surface area contributed by atoms with Crippen molar-refractivity contribution in [1.29, 1.82) is 0 Å². The molecule has 3 heterocycles. The Morgan fingerprint density at radius 1 is 1.00 bits per heavy atom. The molecule has 1 amide bonds. The number of nitrogens with one attached hydrogen (secondary N) is 1. The van der Waals surface area contributed by atoms with Crippen molar-refractivity contribution < 1.29 is 13.9 Å². The van der Waals surface area contributed by atoms with Crippen molar-refractivity contribution in [2.24, 2.45) is 5.41 Å². The molecule has 2 aromatic carbocycles. The minimum atomic E-state index is -0.163. The number of ether oxygens (including phenoxy) is 1. The molecule has 7 heteroatoms. The SMILES string of the molecule is O=C(c1ccn[nH]1)N1CCC2(CCCCc3ccccc3OCCN(Cc3ccccc3F)C2)CC1. The Hall–Kier alpha value is -3.19. The van der Waals surface area contributed by atoms with Gasteiger partial charge >= 0.3 is 0 Å². The fourth-order valence-corrected chi connectivity index (χ4v) is 5.72. The molecule has 1 saturated heterocycles. The molecule has 3 aromatic rings. The number of para-hydroxylation sites is 1. The number of aromatic nitrogens is 2. The Balaban J connectivity index is 1.34. The summed E-state index contributed by atoms with van der Waals surface area (Å²) in [6, 6.07) is 17.1. The van der Waals surface area contributed by atoms with E-state index >= 15 is 0 Å². The van der Waals surface area contributed by atoms with Gasteiger partial charge in [0.2, 0.25) is 0 Å². The lowest BCUT2D eigenvalue weighted by Gasteiger charge is -2.45. The quantitative estimate of drug-likeness (QED) is 0.556. The molecule has 1 spiro atoms. The first kappa shape index (κ1) is 24.5. The van der Waals surface area contributed by atoms with E-state index in [1.54, 1.807) is 18.3 Å². The van der Waals surface area contributed by atoms with Gasteiger partial charge in [-0.05, 0) is 61.3 Å². The van der Waals surface area contributed by atoms with Gasteiger partial charge in [-0.15, -0.1) is 0 Å². The summed E-state index contributed by atoms with van der Waals surface area (Å²) in [5, 5.41) is 6.73. The third-order valence-corrected chi connectivity index (χ3v) is 7.79. The van der Waals surface area contributed by atoms with Crippen molar-refractivity contribution in [3.63, 3.8) is 0 Å². The van der Waals surface area contributed by atoms with Crippen molar-refractivity contribution in [2.75, 3.05) is 32.8 Å². The molecule has 1 aromatic heterocycles. The molecule has 0 saturated carbocycles. The Bertz CT molecular complexity index is 1140. The van der Waals surface area contributed by atoms with Gasteiger partial charge in [-0.1, -0.05) is 42.8 Å². The lowest BCUT2D eigenvalue weighted by Crippen LogP contribution is -2.48. The maximum absolute atomic E-state index is 14.6. The summed E-state index contributed by atoms with van der Waals surface area (Å²) in [5.41, 5.74) is 2.61. The highest BCUT2D eigenvalue weighted by atomic mass is 19.1. The van der Waals surface area contributed by atoms with Crippen LogP contribution in [0, 0.1) is 11.2 Å². The van der Waals surface area contributed by atoms with E-state index < -0.39 is 0 Å². The largest absolute Gasteiger partial charge is 0.492 e. The minimum Gasteiger partial charge on any atom is -0.492 e. The van der Waals surface area contributed by atoms with E-state index in [1.165, 1.54) is 11.6 Å². The number of likely N-dealkylation sites (tertiary alicyclic amines) is 1. The second-order valence-corrected chi connectivity index (χ2v) is 10.2. The fourth-order valence-electron chi connectivity index (χ4n) is 5.72. The van der Waals surface area contributed by atoms with Crippen LogP contribution in [0.1, 0.15) is 53.7 Å². The summed E-state index contributed by atoms with van der Waals surface area (Å²) in [6.45, 7) is 4.16. The topological polar surface area (TPSA) is 61.5 Å². The summed E-state index contributed by atoms with van der Waals surface area (Å²) >= 11 is 0. The van der Waals surface area contributed by atoms with Crippen LogP contribution >= 0.6 is 0 Å². The summed E-state index contributed by atoms with van der Waals surface area (Å²) in [4.78, 5) is 17.2. The Kier molecular flexibility index (Phi) is 7.66. The maximum Gasteiger partial charge on any atom is 0.271 e. The van der Waals surface area contributed by atoms with Crippen LogP contribution in [0.4, 0.5) is 4.39 Å². The van der Waals surface area contributed by atoms with E-state index in [9.17, 15) is 9.18 Å². The van der Waals surface area contributed by atoms with Crippen molar-refractivity contribution in [1.82, 2.24) is 20.0 Å². The number of piperidine rings is 1. The van der Waals surface area contributed by atoms with E-state index in [-0.39, 0.29) is 17.1 Å². The maximum atomic E-state index is 14.6. The molecule has 0 aliphatic carbocycles. The third kappa shape index (κ3) is 5.78. The third-order valence-electron chi connectivity index (χ3n) is 7.79. The van der Waals surface area contributed by atoms with Crippen molar-refractivity contribution in [3.8, 4) is 5.75 Å². The molecule has 6 nitrogen and oxygen atoms in total. The van der Waals surface area contributed by atoms with Gasteiger partial charge in [-0.25, -0.2) is 4.39 Å². The first-order valence-electron chi connectivity index (χ1n) is 13.1. The van der Waals surface area contributed by atoms with Crippen LogP contribution in [0.15, 0.2) is 60.8 Å². The number of carbonyl (C=O) groups is 1. The smallest absolute Gasteiger partial charge is 0.271 e. The number of aromatic amines is 1. The van der Waals surface area contributed by atoms with Crippen LogP contribution in [0.2, 0.25) is 0 Å². The van der Waals surface area contributed by atoms with Gasteiger partial charge in [0.05, 0.1) is 0 Å². The van der Waals surface area contributed by atoms with E-state index in [2.05, 4.69) is 33.3 Å². The number of halogens is 1. The normalized spacial score (nSPS) is 19.1. The Labute approximate surface area is 212 Å². The summed E-state index contributed by atoms with van der Waals surface area (Å²) < 4.78 is 20.8. The van der Waals surface area contributed by atoms with Crippen LogP contribution in [-0.4, -0.2) is 58.7 Å². The fraction of sp³-hybridized carbons (Fsp3) is 0.448. The first-order chi connectivity index (χ1) is 17.6. The predicted octanol–water partition coefficient (Wildman–Crippen LogP) is 5.08. The lowest BCUT2D eigenvalue weighted by molar-refractivity contribution is 0.0355. The highest BCUT2D eigenvalue weighted by Gasteiger charge is 2.37. The monoisotopic (exact) mass is 490 g/mol. The van der Waals surface area contributed by atoms with Crippen LogP contribution in [-0.2, 0) is 13.0 Å². The minimum absolute atomic E-state index is 0.0173. The number of benzene rings is 2. The molecule has 2 aliphatic heterocycles. The van der Waals surface area contributed by atoms with Gasteiger partial charge in [0.1, 0.15) is 23.9 Å². The van der Waals surface area contributed by atoms with Gasteiger partial charge in [-0.3, -0.25) is 14.8 Å². The second kappa shape index (κ2) is 11.2. The van der Waals surface area contributed by atoms with Gasteiger partial charge in [-0.2, -0.15) is 5.10 Å². The highest BCUT2D eigenvalue weighted by Crippen LogP contribution is 2.39. The van der Waals surface area contributed by atoms with Crippen molar-refractivity contribution in [3.05, 3.63) is 83.4 Å². The highest BCUT2D eigenvalue weighted by molar-refractivity contribution is 5.92. The average molecular weight is 491 g/mol. The van der Waals surface area contributed by atoms with Crippen LogP contribution in [0.3, 0.4) is 0 Å². The van der Waals surface area contributed by atoms with E-state index in [1.807, 2.05) is 23.1 Å². The molecule has 0 bridgehead atoms. The summed E-state index contributed by atoms with van der Waals surface area (Å²) in [6.07, 6.45) is 7.84. The number of hydrogen-bond donors (Lipinski definition) is 1. The molecule has 5 rings (SSSR count). The lowest BCUT2D eigenvalue weighted by atomic mass is 9.73. The van der Waals surface area contributed by atoms with Gasteiger partial charge in [0.25, 0.3) is 5.91 Å². The zero-order valence-electron chi connectivity index (χ0n) is 20.8. The number of aryl methyl sites for hydroxylation is 1. The van der Waals surface area contributed by atoms with Crippen LogP contribution in [0.25, 0.3) is 0 Å². The standard InChI is InChI=1S/C29H35FN4O2/c30-25-10-3-1-9-24(25)21-33-19-20-36-27-11-4-2-7-23(27)8-5-6-13-29(22-33)14-17-34(18-15-29)28(35)26-12-16-31-32-26/h1-4,7,9-12,16H,5-6,8,13-15,17-22H2,(H,31,32).